The molecule has 1 aliphatic rings. The zero-order valence-electron chi connectivity index (χ0n) is 8.84. The highest BCUT2D eigenvalue weighted by Crippen LogP contribution is 2.30. The number of hydrogen-bond acceptors (Lipinski definition) is 1. The third-order valence-corrected chi connectivity index (χ3v) is 3.85. The Morgan fingerprint density at radius 1 is 1.40 bits per heavy atom. The summed E-state index contributed by atoms with van der Waals surface area (Å²) >= 11 is 11.9. The third kappa shape index (κ3) is 2.24. The van der Waals surface area contributed by atoms with Gasteiger partial charge in [-0.05, 0) is 37.0 Å². The zero-order valence-corrected chi connectivity index (χ0v) is 10.4. The lowest BCUT2D eigenvalue weighted by Crippen LogP contribution is -2.37. The molecule has 0 radical (unpaired) electrons. The molecule has 82 valence electrons. The summed E-state index contributed by atoms with van der Waals surface area (Å²) in [6.45, 7) is 0. The second-order valence-electron chi connectivity index (χ2n) is 4.10. The monoisotopic (exact) mass is 243 g/mol. The molecule has 0 saturated heterocycles. The molecule has 0 aromatic heterocycles. The minimum Gasteiger partial charge on any atom is -0.372 e. The molecular formula is C12H15Cl2N. The van der Waals surface area contributed by atoms with Crippen LogP contribution in [0.25, 0.3) is 0 Å². The predicted octanol–water partition coefficient (Wildman–Crippen LogP) is 4.07. The molecule has 1 saturated carbocycles. The van der Waals surface area contributed by atoms with E-state index >= 15 is 0 Å². The van der Waals surface area contributed by atoms with Crippen LogP contribution in [-0.4, -0.2) is 13.1 Å². The first-order chi connectivity index (χ1) is 7.22. The average Bonchev–Trinajstić information content (AvgIpc) is 2.15. The number of benzene rings is 1. The zero-order chi connectivity index (χ0) is 10.8. The molecule has 15 heavy (non-hydrogen) atoms. The van der Waals surface area contributed by atoms with Crippen molar-refractivity contribution < 1.29 is 0 Å². The highest BCUT2D eigenvalue weighted by Gasteiger charge is 2.22. The molecule has 0 unspecified atom stereocenters. The summed E-state index contributed by atoms with van der Waals surface area (Å²) in [6.07, 6.45) is 3.94. The molecule has 1 nitrogen and oxygen atoms in total. The summed E-state index contributed by atoms with van der Waals surface area (Å²) in [5.41, 5.74) is 2.20. The van der Waals surface area contributed by atoms with Gasteiger partial charge in [0.15, 0.2) is 0 Å². The predicted molar refractivity (Wildman–Crippen MR) is 67.1 cm³/mol. The average molecular weight is 244 g/mol. The van der Waals surface area contributed by atoms with Crippen LogP contribution in [0.2, 0.25) is 5.02 Å². The van der Waals surface area contributed by atoms with Gasteiger partial charge < -0.3 is 4.90 Å². The van der Waals surface area contributed by atoms with Crippen molar-refractivity contribution in [3.63, 3.8) is 0 Å². The van der Waals surface area contributed by atoms with Gasteiger partial charge in [-0.1, -0.05) is 17.7 Å². The van der Waals surface area contributed by atoms with Gasteiger partial charge in [0.25, 0.3) is 0 Å². The summed E-state index contributed by atoms with van der Waals surface area (Å²) in [6, 6.07) is 6.82. The van der Waals surface area contributed by atoms with Crippen molar-refractivity contribution in [2.75, 3.05) is 11.9 Å². The minimum absolute atomic E-state index is 0.478. The van der Waals surface area contributed by atoms with Crippen LogP contribution in [-0.2, 0) is 5.88 Å². The fourth-order valence-corrected chi connectivity index (χ4v) is 2.39. The summed E-state index contributed by atoms with van der Waals surface area (Å²) < 4.78 is 0. The van der Waals surface area contributed by atoms with E-state index in [0.29, 0.717) is 11.9 Å². The molecule has 1 aromatic rings. The van der Waals surface area contributed by atoms with Crippen molar-refractivity contribution >= 4 is 28.9 Å². The van der Waals surface area contributed by atoms with Gasteiger partial charge in [-0.25, -0.2) is 0 Å². The second-order valence-corrected chi connectivity index (χ2v) is 4.78. The molecular weight excluding hydrogens is 229 g/mol. The molecule has 0 bridgehead atoms. The SMILES string of the molecule is CN(c1ccc(CCl)c(Cl)c1)C1CCC1. The summed E-state index contributed by atoms with van der Waals surface area (Å²) in [4.78, 5) is 2.31. The largest absolute Gasteiger partial charge is 0.372 e. The van der Waals surface area contributed by atoms with Crippen LogP contribution in [0, 0.1) is 0 Å². The maximum atomic E-state index is 6.13. The van der Waals surface area contributed by atoms with Gasteiger partial charge in [-0.2, -0.15) is 0 Å². The lowest BCUT2D eigenvalue weighted by molar-refractivity contribution is 0.401. The van der Waals surface area contributed by atoms with E-state index in [1.165, 1.54) is 24.9 Å². The van der Waals surface area contributed by atoms with Crippen LogP contribution < -0.4 is 4.90 Å². The number of halogens is 2. The first kappa shape index (κ1) is 11.1. The van der Waals surface area contributed by atoms with E-state index in [0.717, 1.165) is 10.6 Å². The maximum Gasteiger partial charge on any atom is 0.0488 e. The normalized spacial score (nSPS) is 16.2. The van der Waals surface area contributed by atoms with E-state index in [4.69, 9.17) is 23.2 Å². The molecule has 1 aromatic carbocycles. The highest BCUT2D eigenvalue weighted by atomic mass is 35.5. The van der Waals surface area contributed by atoms with Gasteiger partial charge in [-0.3, -0.25) is 0 Å². The maximum absolute atomic E-state index is 6.13. The molecule has 1 aliphatic carbocycles. The van der Waals surface area contributed by atoms with Crippen molar-refractivity contribution in [3.8, 4) is 0 Å². The van der Waals surface area contributed by atoms with E-state index in [1.807, 2.05) is 12.1 Å². The van der Waals surface area contributed by atoms with Crippen LogP contribution in [0.4, 0.5) is 5.69 Å². The molecule has 0 atom stereocenters. The Labute approximate surface area is 101 Å². The first-order valence-electron chi connectivity index (χ1n) is 5.29. The van der Waals surface area contributed by atoms with Gasteiger partial charge in [0.05, 0.1) is 0 Å². The quantitative estimate of drug-likeness (QED) is 0.724. The van der Waals surface area contributed by atoms with Crippen LogP contribution in [0.1, 0.15) is 24.8 Å². The Hall–Kier alpha value is -0.400. The number of alkyl halides is 1. The van der Waals surface area contributed by atoms with Gasteiger partial charge in [0, 0.05) is 29.7 Å². The van der Waals surface area contributed by atoms with E-state index in [-0.39, 0.29) is 0 Å². The third-order valence-electron chi connectivity index (χ3n) is 3.21. The van der Waals surface area contributed by atoms with E-state index in [9.17, 15) is 0 Å². The van der Waals surface area contributed by atoms with Crippen LogP contribution in [0.15, 0.2) is 18.2 Å². The van der Waals surface area contributed by atoms with Gasteiger partial charge in [0.1, 0.15) is 0 Å². The molecule has 3 heteroatoms. The molecule has 2 rings (SSSR count). The highest BCUT2D eigenvalue weighted by molar-refractivity contribution is 6.32. The summed E-state index contributed by atoms with van der Waals surface area (Å²) in [5.74, 6) is 0.478. The van der Waals surface area contributed by atoms with Crippen LogP contribution in [0.3, 0.4) is 0 Å². The van der Waals surface area contributed by atoms with Crippen molar-refractivity contribution in [1.29, 1.82) is 0 Å². The Morgan fingerprint density at radius 3 is 2.60 bits per heavy atom. The molecule has 0 heterocycles. The summed E-state index contributed by atoms with van der Waals surface area (Å²) in [7, 11) is 2.13. The van der Waals surface area contributed by atoms with Crippen LogP contribution >= 0.6 is 23.2 Å². The lowest BCUT2D eigenvalue weighted by Gasteiger charge is -2.36. The van der Waals surface area contributed by atoms with E-state index < -0.39 is 0 Å². The van der Waals surface area contributed by atoms with Crippen molar-refractivity contribution in [2.45, 2.75) is 31.2 Å². The Morgan fingerprint density at radius 2 is 2.13 bits per heavy atom. The van der Waals surface area contributed by atoms with Gasteiger partial charge in [0.2, 0.25) is 0 Å². The Kier molecular flexibility index (Phi) is 3.42. The fraction of sp³-hybridized carbons (Fsp3) is 0.500. The van der Waals surface area contributed by atoms with Crippen LogP contribution in [0.5, 0.6) is 0 Å². The second kappa shape index (κ2) is 4.63. The smallest absolute Gasteiger partial charge is 0.0488 e. The molecule has 0 spiro atoms. The lowest BCUT2D eigenvalue weighted by atomic mass is 9.91. The summed E-state index contributed by atoms with van der Waals surface area (Å²) in [5, 5.41) is 0.772. The number of anilines is 1. The number of rotatable bonds is 3. The Bertz CT molecular complexity index is 347. The fourth-order valence-electron chi connectivity index (χ4n) is 1.85. The molecule has 0 N–H and O–H groups in total. The molecule has 0 amide bonds. The standard InChI is InChI=1S/C12H15Cl2N/c1-15(10-3-2-4-10)11-6-5-9(8-13)12(14)7-11/h5-7,10H,2-4,8H2,1H3. The van der Waals surface area contributed by atoms with Crippen molar-refractivity contribution in [3.05, 3.63) is 28.8 Å². The van der Waals surface area contributed by atoms with Crippen molar-refractivity contribution in [2.24, 2.45) is 0 Å². The first-order valence-corrected chi connectivity index (χ1v) is 6.21. The minimum atomic E-state index is 0.478. The van der Waals surface area contributed by atoms with Gasteiger partial charge >= 0.3 is 0 Å². The molecule has 0 aliphatic heterocycles. The number of nitrogens with zero attached hydrogens (tertiary/aromatic N) is 1. The van der Waals surface area contributed by atoms with E-state index in [2.05, 4.69) is 18.0 Å². The van der Waals surface area contributed by atoms with Gasteiger partial charge in [-0.15, -0.1) is 11.6 Å². The Balaban J connectivity index is 2.17. The van der Waals surface area contributed by atoms with E-state index in [1.54, 1.807) is 0 Å². The van der Waals surface area contributed by atoms with Crippen molar-refractivity contribution in [1.82, 2.24) is 0 Å². The topological polar surface area (TPSA) is 3.24 Å². The molecule has 1 fully saturated rings. The number of hydrogen-bond donors (Lipinski definition) is 0.